The summed E-state index contributed by atoms with van der Waals surface area (Å²) in [7, 11) is 0. The van der Waals surface area contributed by atoms with Gasteiger partial charge in [0.05, 0.1) is 5.75 Å². The zero-order chi connectivity index (χ0) is 15.5. The van der Waals surface area contributed by atoms with Gasteiger partial charge in [0.25, 0.3) is 0 Å². The van der Waals surface area contributed by atoms with Crippen molar-refractivity contribution in [2.45, 2.75) is 5.03 Å². The van der Waals surface area contributed by atoms with Crippen LogP contribution in [0, 0.1) is 5.82 Å². The van der Waals surface area contributed by atoms with Crippen molar-refractivity contribution in [3.05, 3.63) is 54.3 Å². The Kier molecular flexibility index (Phi) is 4.02. The molecule has 0 aliphatic rings. The number of halogens is 1. The highest BCUT2D eigenvalue weighted by Gasteiger charge is 2.12. The van der Waals surface area contributed by atoms with Gasteiger partial charge in [-0.2, -0.15) is 0 Å². The Bertz CT molecular complexity index is 836. The summed E-state index contributed by atoms with van der Waals surface area (Å²) in [6.07, 6.45) is 0. The molecular weight excluding hydrogens is 301 g/mol. The molecule has 6 heteroatoms. The van der Waals surface area contributed by atoms with Crippen molar-refractivity contribution in [2.75, 3.05) is 5.75 Å². The van der Waals surface area contributed by atoms with Gasteiger partial charge in [0.15, 0.2) is 0 Å². The van der Waals surface area contributed by atoms with E-state index in [1.807, 2.05) is 24.3 Å². The van der Waals surface area contributed by atoms with Gasteiger partial charge in [-0.25, -0.2) is 4.39 Å². The maximum absolute atomic E-state index is 13.1. The number of nitrogens with two attached hydrogens (primary N) is 1. The van der Waals surface area contributed by atoms with Crippen molar-refractivity contribution in [3.63, 3.8) is 0 Å². The molecule has 0 unspecified atom stereocenters. The fourth-order valence-electron chi connectivity index (χ4n) is 2.15. The van der Waals surface area contributed by atoms with Crippen LogP contribution in [-0.4, -0.2) is 21.9 Å². The van der Waals surface area contributed by atoms with Crippen LogP contribution in [0.2, 0.25) is 0 Å². The molecule has 0 saturated heterocycles. The lowest BCUT2D eigenvalue weighted by Crippen LogP contribution is -2.13. The predicted octanol–water partition coefficient (Wildman–Crippen LogP) is 3.01. The molecule has 4 nitrogen and oxygen atoms in total. The lowest BCUT2D eigenvalue weighted by atomic mass is 10.1. The molecular formula is C16H12FN3OS. The molecule has 0 aliphatic heterocycles. The van der Waals surface area contributed by atoms with Gasteiger partial charge >= 0.3 is 0 Å². The van der Waals surface area contributed by atoms with E-state index in [0.717, 1.165) is 16.3 Å². The SMILES string of the molecule is NC(=O)CSc1nnc(-c2ccc(F)cc2)c2ccccc12. The van der Waals surface area contributed by atoms with Crippen molar-refractivity contribution in [1.82, 2.24) is 10.2 Å². The van der Waals surface area contributed by atoms with E-state index in [4.69, 9.17) is 5.73 Å². The van der Waals surface area contributed by atoms with E-state index in [0.29, 0.717) is 10.7 Å². The van der Waals surface area contributed by atoms with Crippen LogP contribution in [-0.2, 0) is 4.79 Å². The molecule has 2 aromatic carbocycles. The number of carbonyl (C=O) groups excluding carboxylic acids is 1. The Balaban J connectivity index is 2.11. The van der Waals surface area contributed by atoms with E-state index >= 15 is 0 Å². The number of amides is 1. The second-order valence-electron chi connectivity index (χ2n) is 4.66. The standard InChI is InChI=1S/C16H12FN3OS/c17-11-7-5-10(6-8-11)15-12-3-1-2-4-13(12)16(20-19-15)22-9-14(18)21/h1-8H,9H2,(H2,18,21). The molecule has 3 rings (SSSR count). The number of nitrogens with zero attached hydrogens (tertiary/aromatic N) is 2. The van der Waals surface area contributed by atoms with Crippen molar-refractivity contribution in [1.29, 1.82) is 0 Å². The Morgan fingerprint density at radius 1 is 1.05 bits per heavy atom. The first kappa shape index (κ1) is 14.5. The maximum Gasteiger partial charge on any atom is 0.227 e. The summed E-state index contributed by atoms with van der Waals surface area (Å²) in [5, 5.41) is 10.9. The molecule has 0 radical (unpaired) electrons. The third-order valence-corrected chi connectivity index (χ3v) is 4.13. The van der Waals surface area contributed by atoms with Crippen molar-refractivity contribution < 1.29 is 9.18 Å². The third kappa shape index (κ3) is 2.92. The molecule has 0 aliphatic carbocycles. The molecule has 0 saturated carbocycles. The molecule has 110 valence electrons. The second kappa shape index (κ2) is 6.11. The van der Waals surface area contributed by atoms with E-state index < -0.39 is 5.91 Å². The molecule has 2 N–H and O–H groups in total. The number of hydrogen-bond acceptors (Lipinski definition) is 4. The van der Waals surface area contributed by atoms with Crippen LogP contribution < -0.4 is 5.73 Å². The quantitative estimate of drug-likeness (QED) is 0.752. The number of primary amides is 1. The van der Waals surface area contributed by atoms with Crippen LogP contribution >= 0.6 is 11.8 Å². The van der Waals surface area contributed by atoms with Gasteiger partial charge in [0, 0.05) is 16.3 Å². The first-order valence-electron chi connectivity index (χ1n) is 6.57. The summed E-state index contributed by atoms with van der Waals surface area (Å²) in [5.74, 6) is -0.553. The Labute approximate surface area is 130 Å². The second-order valence-corrected chi connectivity index (χ2v) is 5.63. The van der Waals surface area contributed by atoms with E-state index in [1.165, 1.54) is 23.9 Å². The van der Waals surface area contributed by atoms with Crippen molar-refractivity contribution >= 4 is 28.4 Å². The molecule has 0 fully saturated rings. The fourth-order valence-corrected chi connectivity index (χ4v) is 2.86. The smallest absolute Gasteiger partial charge is 0.227 e. The summed E-state index contributed by atoms with van der Waals surface area (Å²) < 4.78 is 13.1. The van der Waals surface area contributed by atoms with E-state index in [2.05, 4.69) is 10.2 Å². The van der Waals surface area contributed by atoms with Crippen LogP contribution in [0.25, 0.3) is 22.0 Å². The zero-order valence-corrected chi connectivity index (χ0v) is 12.3. The molecule has 0 atom stereocenters. The minimum atomic E-state index is -0.404. The summed E-state index contributed by atoms with van der Waals surface area (Å²) in [5.41, 5.74) is 6.64. The topological polar surface area (TPSA) is 68.9 Å². The van der Waals surface area contributed by atoms with Crippen LogP contribution in [0.1, 0.15) is 0 Å². The largest absolute Gasteiger partial charge is 0.369 e. The molecule has 1 heterocycles. The number of rotatable bonds is 4. The van der Waals surface area contributed by atoms with Gasteiger partial charge in [-0.05, 0) is 24.3 Å². The lowest BCUT2D eigenvalue weighted by molar-refractivity contribution is -0.115. The summed E-state index contributed by atoms with van der Waals surface area (Å²) in [6.45, 7) is 0. The molecule has 1 amide bonds. The van der Waals surface area contributed by atoms with Crippen LogP contribution in [0.15, 0.2) is 53.6 Å². The summed E-state index contributed by atoms with van der Waals surface area (Å²) >= 11 is 1.26. The number of fused-ring (bicyclic) bond motifs is 1. The zero-order valence-electron chi connectivity index (χ0n) is 11.5. The summed E-state index contributed by atoms with van der Waals surface area (Å²) in [4.78, 5) is 10.9. The van der Waals surface area contributed by atoms with E-state index in [1.54, 1.807) is 12.1 Å². The summed E-state index contributed by atoms with van der Waals surface area (Å²) in [6, 6.07) is 13.8. The number of carbonyl (C=O) groups is 1. The first-order valence-corrected chi connectivity index (χ1v) is 7.56. The minimum Gasteiger partial charge on any atom is -0.369 e. The van der Waals surface area contributed by atoms with Gasteiger partial charge in [-0.1, -0.05) is 36.0 Å². The van der Waals surface area contributed by atoms with E-state index in [9.17, 15) is 9.18 Å². The van der Waals surface area contributed by atoms with Gasteiger partial charge in [0.1, 0.15) is 16.5 Å². The number of benzene rings is 2. The highest BCUT2D eigenvalue weighted by atomic mass is 32.2. The van der Waals surface area contributed by atoms with Gasteiger partial charge in [-0.15, -0.1) is 10.2 Å². The monoisotopic (exact) mass is 313 g/mol. The van der Waals surface area contributed by atoms with Crippen molar-refractivity contribution in [2.24, 2.45) is 5.73 Å². The van der Waals surface area contributed by atoms with Crippen LogP contribution in [0.5, 0.6) is 0 Å². The average Bonchev–Trinajstić information content (AvgIpc) is 2.53. The number of aromatic nitrogens is 2. The van der Waals surface area contributed by atoms with Gasteiger partial charge in [-0.3, -0.25) is 4.79 Å². The molecule has 1 aromatic heterocycles. The molecule has 3 aromatic rings. The van der Waals surface area contributed by atoms with Gasteiger partial charge in [0.2, 0.25) is 5.91 Å². The Hall–Kier alpha value is -2.47. The predicted molar refractivity (Wildman–Crippen MR) is 84.9 cm³/mol. The lowest BCUT2D eigenvalue weighted by Gasteiger charge is -2.08. The van der Waals surface area contributed by atoms with Crippen molar-refractivity contribution in [3.8, 4) is 11.3 Å². The Morgan fingerprint density at radius 2 is 1.73 bits per heavy atom. The molecule has 0 spiro atoms. The van der Waals surface area contributed by atoms with Crippen LogP contribution in [0.4, 0.5) is 4.39 Å². The highest BCUT2D eigenvalue weighted by Crippen LogP contribution is 2.31. The fraction of sp³-hybridized carbons (Fsp3) is 0.0625. The Morgan fingerprint density at radius 3 is 2.41 bits per heavy atom. The normalized spacial score (nSPS) is 10.8. The minimum absolute atomic E-state index is 0.147. The average molecular weight is 313 g/mol. The highest BCUT2D eigenvalue weighted by molar-refractivity contribution is 8.00. The number of hydrogen-bond donors (Lipinski definition) is 1. The van der Waals surface area contributed by atoms with E-state index in [-0.39, 0.29) is 11.6 Å². The van der Waals surface area contributed by atoms with Gasteiger partial charge < -0.3 is 5.73 Å². The number of thioether (sulfide) groups is 1. The third-order valence-electron chi connectivity index (χ3n) is 3.12. The molecule has 22 heavy (non-hydrogen) atoms. The van der Waals surface area contributed by atoms with Crippen LogP contribution in [0.3, 0.4) is 0 Å². The first-order chi connectivity index (χ1) is 10.6. The maximum atomic E-state index is 13.1. The molecule has 0 bridgehead atoms.